The van der Waals surface area contributed by atoms with E-state index in [0.29, 0.717) is 17.5 Å². The fourth-order valence-corrected chi connectivity index (χ4v) is 9.10. The van der Waals surface area contributed by atoms with E-state index < -0.39 is 0 Å². The molecule has 0 atom stereocenters. The summed E-state index contributed by atoms with van der Waals surface area (Å²) in [7, 11) is 0. The molecule has 0 bridgehead atoms. The zero-order valence-electron chi connectivity index (χ0n) is 30.0. The van der Waals surface area contributed by atoms with Crippen LogP contribution in [0.15, 0.2) is 188 Å². The second-order valence-corrected chi connectivity index (χ2v) is 14.9. The van der Waals surface area contributed by atoms with E-state index in [1.54, 1.807) is 0 Å². The molecule has 0 radical (unpaired) electrons. The summed E-state index contributed by atoms with van der Waals surface area (Å²) in [5.41, 5.74) is 10.1. The zero-order chi connectivity index (χ0) is 37.0. The van der Waals surface area contributed by atoms with Gasteiger partial charge in [-0.15, -0.1) is 11.3 Å². The first kappa shape index (κ1) is 32.2. The number of pyridine rings is 1. The normalized spacial score (nSPS) is 11.6. The van der Waals surface area contributed by atoms with Crippen LogP contribution in [0.2, 0.25) is 0 Å². The van der Waals surface area contributed by atoms with Crippen molar-refractivity contribution >= 4 is 53.3 Å². The summed E-state index contributed by atoms with van der Waals surface area (Å²) in [5, 5.41) is 4.82. The minimum atomic E-state index is 0.568. The molecule has 7 aromatic carbocycles. The van der Waals surface area contributed by atoms with Gasteiger partial charge in [-0.1, -0.05) is 146 Å². The maximum atomic E-state index is 5.34. The summed E-state index contributed by atoms with van der Waals surface area (Å²) >= 11 is 1.82. The molecule has 6 heteroatoms. The van der Waals surface area contributed by atoms with Gasteiger partial charge in [0.25, 0.3) is 0 Å². The maximum absolute atomic E-state index is 5.34. The Bertz CT molecular complexity index is 3170. The number of thiophene rings is 1. The van der Waals surface area contributed by atoms with Crippen LogP contribution < -0.4 is 0 Å². The van der Waals surface area contributed by atoms with Gasteiger partial charge >= 0.3 is 0 Å². The lowest BCUT2D eigenvalue weighted by Gasteiger charge is -2.14. The van der Waals surface area contributed by atoms with Gasteiger partial charge in [0.1, 0.15) is 0 Å². The highest BCUT2D eigenvalue weighted by atomic mass is 32.1. The number of nitrogens with zero attached hydrogens (tertiary/aromatic N) is 5. The highest BCUT2D eigenvalue weighted by Gasteiger charge is 2.23. The molecule has 4 heterocycles. The summed E-state index contributed by atoms with van der Waals surface area (Å²) < 4.78 is 4.84. The summed E-state index contributed by atoms with van der Waals surface area (Å²) in [5.74, 6) is 1.79. The average Bonchev–Trinajstić information content (AvgIpc) is 3.83. The predicted molar refractivity (Wildman–Crippen MR) is 232 cm³/mol. The molecule has 11 rings (SSSR count). The van der Waals surface area contributed by atoms with Gasteiger partial charge in [0.2, 0.25) is 0 Å². The van der Waals surface area contributed by atoms with Crippen LogP contribution >= 0.6 is 11.3 Å². The van der Waals surface area contributed by atoms with Gasteiger partial charge in [-0.05, 0) is 42.0 Å². The van der Waals surface area contributed by atoms with Crippen molar-refractivity contribution in [1.29, 1.82) is 0 Å². The molecule has 0 fully saturated rings. The lowest BCUT2D eigenvalue weighted by Crippen LogP contribution is -2.02. The Morgan fingerprint density at radius 2 is 1.00 bits per heavy atom. The van der Waals surface area contributed by atoms with Crippen LogP contribution in [-0.4, -0.2) is 24.5 Å². The van der Waals surface area contributed by atoms with Crippen molar-refractivity contribution in [2.75, 3.05) is 0 Å². The molecule has 56 heavy (non-hydrogen) atoms. The Balaban J connectivity index is 1.25. The number of rotatable bonds is 6. The number of hydrogen-bond acceptors (Lipinski definition) is 5. The van der Waals surface area contributed by atoms with Crippen molar-refractivity contribution in [1.82, 2.24) is 24.5 Å². The second kappa shape index (κ2) is 13.2. The Hall–Kier alpha value is -7.28. The van der Waals surface area contributed by atoms with E-state index in [1.807, 2.05) is 84.3 Å². The fraction of sp³-hybridized carbons (Fsp3) is 0. The fourth-order valence-electron chi connectivity index (χ4n) is 7.97. The Labute approximate surface area is 326 Å². The van der Waals surface area contributed by atoms with E-state index in [-0.39, 0.29) is 0 Å². The highest BCUT2D eigenvalue weighted by Crippen LogP contribution is 2.47. The first-order valence-electron chi connectivity index (χ1n) is 18.6. The van der Waals surface area contributed by atoms with Gasteiger partial charge in [-0.3, -0.25) is 4.98 Å². The lowest BCUT2D eigenvalue weighted by atomic mass is 9.96. The standard InChI is InChI=1S/C50H31N5S/c1-5-16-32(17-6-1)35-30-40(50-53-48(33-18-7-2-8-19-33)52-49(54-50)34-20-9-3-10-21-34)46(51-31-35)39-25-15-27-42-44(39)45-43(56-42)29-28-38-37-24-13-14-26-41(37)55(47(38)45)36-22-11-4-12-23-36/h1-31H. The van der Waals surface area contributed by atoms with E-state index in [4.69, 9.17) is 19.9 Å². The molecule has 5 nitrogen and oxygen atoms in total. The van der Waals surface area contributed by atoms with Crippen LogP contribution in [-0.2, 0) is 0 Å². The third-order valence-corrected chi connectivity index (χ3v) is 11.6. The molecule has 0 aliphatic heterocycles. The van der Waals surface area contributed by atoms with E-state index in [1.165, 1.54) is 42.0 Å². The number of aromatic nitrogens is 5. The summed E-state index contributed by atoms with van der Waals surface area (Å²) in [6, 6.07) is 63.4. The highest BCUT2D eigenvalue weighted by molar-refractivity contribution is 7.26. The smallest absolute Gasteiger partial charge is 0.166 e. The van der Waals surface area contributed by atoms with Gasteiger partial charge in [-0.2, -0.15) is 0 Å². The van der Waals surface area contributed by atoms with Crippen LogP contribution in [0.3, 0.4) is 0 Å². The molecule has 0 aliphatic rings. The van der Waals surface area contributed by atoms with Crippen molar-refractivity contribution in [3.63, 3.8) is 0 Å². The van der Waals surface area contributed by atoms with Crippen LogP contribution in [0.5, 0.6) is 0 Å². The summed E-state index contributed by atoms with van der Waals surface area (Å²) in [4.78, 5) is 20.8. The Morgan fingerprint density at radius 1 is 0.411 bits per heavy atom. The van der Waals surface area contributed by atoms with E-state index >= 15 is 0 Å². The molecular weight excluding hydrogens is 703 g/mol. The Morgan fingerprint density at radius 3 is 1.70 bits per heavy atom. The van der Waals surface area contributed by atoms with E-state index in [2.05, 4.69) is 120 Å². The molecule has 11 aromatic rings. The van der Waals surface area contributed by atoms with Crippen molar-refractivity contribution in [2.45, 2.75) is 0 Å². The monoisotopic (exact) mass is 733 g/mol. The quantitative estimate of drug-likeness (QED) is 0.171. The number of hydrogen-bond donors (Lipinski definition) is 0. The van der Waals surface area contributed by atoms with Crippen molar-refractivity contribution in [3.8, 4) is 62.2 Å². The van der Waals surface area contributed by atoms with Crippen LogP contribution in [0, 0.1) is 0 Å². The first-order chi connectivity index (χ1) is 27.8. The molecule has 0 saturated carbocycles. The van der Waals surface area contributed by atoms with Gasteiger partial charge in [-0.25, -0.2) is 15.0 Å². The van der Waals surface area contributed by atoms with E-state index in [0.717, 1.165) is 44.8 Å². The molecule has 0 aliphatic carbocycles. The second-order valence-electron chi connectivity index (χ2n) is 13.8. The van der Waals surface area contributed by atoms with Crippen LogP contribution in [0.25, 0.3) is 104 Å². The van der Waals surface area contributed by atoms with E-state index in [9.17, 15) is 0 Å². The van der Waals surface area contributed by atoms with Gasteiger partial charge in [0.05, 0.1) is 16.7 Å². The molecule has 0 amide bonds. The average molecular weight is 734 g/mol. The predicted octanol–water partition coefficient (Wildman–Crippen LogP) is 13.1. The molecule has 0 unspecified atom stereocenters. The SMILES string of the molecule is c1ccc(-c2cnc(-c3cccc4sc5ccc6c7ccccc7n(-c7ccccc7)c6c5c34)c(-c3nc(-c4ccccc4)nc(-c4ccccc4)n3)c2)cc1. The lowest BCUT2D eigenvalue weighted by molar-refractivity contribution is 1.07. The van der Waals surface area contributed by atoms with Crippen LogP contribution in [0.1, 0.15) is 0 Å². The third kappa shape index (κ3) is 5.30. The van der Waals surface area contributed by atoms with Crippen molar-refractivity contribution in [3.05, 3.63) is 188 Å². The minimum absolute atomic E-state index is 0.568. The van der Waals surface area contributed by atoms with Crippen LogP contribution in [0.4, 0.5) is 0 Å². The van der Waals surface area contributed by atoms with Gasteiger partial charge in [0.15, 0.2) is 17.5 Å². The molecule has 4 aromatic heterocycles. The molecule has 0 N–H and O–H groups in total. The molecule has 0 spiro atoms. The third-order valence-electron chi connectivity index (χ3n) is 10.5. The topological polar surface area (TPSA) is 56.5 Å². The molecular formula is C50H31N5S. The Kier molecular flexibility index (Phi) is 7.60. The largest absolute Gasteiger partial charge is 0.309 e. The first-order valence-corrected chi connectivity index (χ1v) is 19.5. The van der Waals surface area contributed by atoms with Gasteiger partial charge in [0, 0.05) is 70.6 Å². The molecule has 262 valence electrons. The number of para-hydroxylation sites is 2. The minimum Gasteiger partial charge on any atom is -0.309 e. The summed E-state index contributed by atoms with van der Waals surface area (Å²) in [6.45, 7) is 0. The molecule has 0 saturated heterocycles. The number of fused-ring (bicyclic) bond motifs is 7. The van der Waals surface area contributed by atoms with Crippen molar-refractivity contribution < 1.29 is 0 Å². The number of benzene rings is 7. The zero-order valence-corrected chi connectivity index (χ0v) is 30.9. The summed E-state index contributed by atoms with van der Waals surface area (Å²) in [6.07, 6.45) is 1.98. The van der Waals surface area contributed by atoms with Crippen molar-refractivity contribution in [2.24, 2.45) is 0 Å². The maximum Gasteiger partial charge on any atom is 0.166 e. The van der Waals surface area contributed by atoms with Gasteiger partial charge < -0.3 is 4.57 Å².